The van der Waals surface area contributed by atoms with E-state index >= 15 is 0 Å². The van der Waals surface area contributed by atoms with Gasteiger partial charge >= 0.3 is 6.18 Å². The van der Waals surface area contributed by atoms with Crippen LogP contribution in [0.4, 0.5) is 13.2 Å². The second-order valence-corrected chi connectivity index (χ2v) is 6.54. The summed E-state index contributed by atoms with van der Waals surface area (Å²) in [5.74, 6) is 0. The summed E-state index contributed by atoms with van der Waals surface area (Å²) in [6.07, 6.45) is -4.36. The SMILES string of the molecule is CNCc1ccc(Sc2nnc(C)s2)cc1C(F)(F)F. The van der Waals surface area contributed by atoms with E-state index in [1.54, 1.807) is 20.0 Å². The van der Waals surface area contributed by atoms with Gasteiger partial charge in [-0.2, -0.15) is 13.2 Å². The fourth-order valence-corrected chi connectivity index (χ4v) is 3.48. The molecule has 20 heavy (non-hydrogen) atoms. The van der Waals surface area contributed by atoms with Crippen molar-refractivity contribution in [1.29, 1.82) is 0 Å². The Morgan fingerprint density at radius 2 is 2.05 bits per heavy atom. The lowest BCUT2D eigenvalue weighted by Crippen LogP contribution is -2.14. The zero-order chi connectivity index (χ0) is 14.8. The third kappa shape index (κ3) is 3.71. The van der Waals surface area contributed by atoms with E-state index in [1.165, 1.54) is 29.2 Å². The zero-order valence-electron chi connectivity index (χ0n) is 10.8. The van der Waals surface area contributed by atoms with Crippen LogP contribution < -0.4 is 5.32 Å². The molecule has 0 saturated heterocycles. The maximum absolute atomic E-state index is 13.0. The molecule has 1 heterocycles. The second-order valence-electron chi connectivity index (χ2n) is 4.04. The van der Waals surface area contributed by atoms with Gasteiger partial charge in [-0.05, 0) is 31.7 Å². The summed E-state index contributed by atoms with van der Waals surface area (Å²) < 4.78 is 39.7. The average molecular weight is 319 g/mol. The molecule has 2 rings (SSSR count). The molecule has 108 valence electrons. The number of nitrogens with one attached hydrogen (secondary N) is 1. The molecular formula is C12H12F3N3S2. The Labute approximate surface area is 122 Å². The van der Waals surface area contributed by atoms with E-state index in [0.717, 1.165) is 11.1 Å². The highest BCUT2D eigenvalue weighted by molar-refractivity contribution is 8.01. The number of benzene rings is 1. The van der Waals surface area contributed by atoms with E-state index in [-0.39, 0.29) is 12.1 Å². The predicted molar refractivity (Wildman–Crippen MR) is 73.0 cm³/mol. The summed E-state index contributed by atoms with van der Waals surface area (Å²) in [4.78, 5) is 0.508. The lowest BCUT2D eigenvalue weighted by atomic mass is 10.1. The summed E-state index contributed by atoms with van der Waals surface area (Å²) in [7, 11) is 1.62. The Bertz CT molecular complexity index is 596. The van der Waals surface area contributed by atoms with Gasteiger partial charge in [0.15, 0.2) is 4.34 Å². The van der Waals surface area contributed by atoms with Crippen molar-refractivity contribution in [2.75, 3.05) is 7.05 Å². The molecule has 0 unspecified atom stereocenters. The van der Waals surface area contributed by atoms with Crippen LogP contribution in [0.15, 0.2) is 27.4 Å². The van der Waals surface area contributed by atoms with Crippen molar-refractivity contribution in [1.82, 2.24) is 15.5 Å². The summed E-state index contributed by atoms with van der Waals surface area (Å²) in [6, 6.07) is 4.33. The number of rotatable bonds is 4. The van der Waals surface area contributed by atoms with E-state index in [0.29, 0.717) is 9.24 Å². The van der Waals surface area contributed by atoms with Gasteiger partial charge in [-0.25, -0.2) is 0 Å². The first-order chi connectivity index (χ1) is 9.40. The van der Waals surface area contributed by atoms with Crippen molar-refractivity contribution >= 4 is 23.1 Å². The van der Waals surface area contributed by atoms with Crippen molar-refractivity contribution in [2.45, 2.75) is 28.9 Å². The van der Waals surface area contributed by atoms with Crippen LogP contribution >= 0.6 is 23.1 Å². The lowest BCUT2D eigenvalue weighted by molar-refractivity contribution is -0.138. The number of alkyl halides is 3. The summed E-state index contributed by atoms with van der Waals surface area (Å²) in [5.41, 5.74) is -0.379. The normalized spacial score (nSPS) is 11.8. The van der Waals surface area contributed by atoms with Gasteiger partial charge < -0.3 is 5.32 Å². The van der Waals surface area contributed by atoms with E-state index in [2.05, 4.69) is 15.5 Å². The molecule has 0 bridgehead atoms. The number of hydrogen-bond acceptors (Lipinski definition) is 5. The highest BCUT2D eigenvalue weighted by atomic mass is 32.2. The van der Waals surface area contributed by atoms with Crippen LogP contribution in [0.3, 0.4) is 0 Å². The third-order valence-electron chi connectivity index (χ3n) is 2.47. The minimum atomic E-state index is -4.36. The Kier molecular flexibility index (Phi) is 4.66. The van der Waals surface area contributed by atoms with Crippen LogP contribution in [0.2, 0.25) is 0 Å². The monoisotopic (exact) mass is 319 g/mol. The molecule has 0 radical (unpaired) electrons. The molecular weight excluding hydrogens is 307 g/mol. The maximum atomic E-state index is 13.0. The molecule has 2 aromatic rings. The highest BCUT2D eigenvalue weighted by Gasteiger charge is 2.33. The highest BCUT2D eigenvalue weighted by Crippen LogP contribution is 2.37. The largest absolute Gasteiger partial charge is 0.416 e. The number of aromatic nitrogens is 2. The molecule has 3 nitrogen and oxygen atoms in total. The van der Waals surface area contributed by atoms with E-state index in [1.807, 2.05) is 0 Å². The van der Waals surface area contributed by atoms with Crippen molar-refractivity contribution < 1.29 is 13.2 Å². The number of hydrogen-bond donors (Lipinski definition) is 1. The average Bonchev–Trinajstić information content (AvgIpc) is 2.76. The molecule has 0 aliphatic heterocycles. The second kappa shape index (κ2) is 6.11. The topological polar surface area (TPSA) is 37.8 Å². The predicted octanol–water partition coefficient (Wildman–Crippen LogP) is 3.74. The molecule has 1 N–H and O–H groups in total. The Balaban J connectivity index is 2.31. The summed E-state index contributed by atoms with van der Waals surface area (Å²) in [6.45, 7) is 1.98. The fraction of sp³-hybridized carbons (Fsp3) is 0.333. The first-order valence-electron chi connectivity index (χ1n) is 5.73. The van der Waals surface area contributed by atoms with Crippen LogP contribution in [0.1, 0.15) is 16.1 Å². The molecule has 0 amide bonds. The number of nitrogens with zero attached hydrogens (tertiary/aromatic N) is 2. The van der Waals surface area contributed by atoms with Crippen LogP contribution in [0.5, 0.6) is 0 Å². The van der Waals surface area contributed by atoms with Gasteiger partial charge in [0.2, 0.25) is 0 Å². The maximum Gasteiger partial charge on any atom is 0.416 e. The van der Waals surface area contributed by atoms with Crippen molar-refractivity contribution in [3.8, 4) is 0 Å². The van der Waals surface area contributed by atoms with E-state index in [4.69, 9.17) is 0 Å². The molecule has 1 aromatic carbocycles. The van der Waals surface area contributed by atoms with Crippen LogP contribution in [0.25, 0.3) is 0 Å². The molecule has 0 fully saturated rings. The molecule has 0 atom stereocenters. The quantitative estimate of drug-likeness (QED) is 0.932. The molecule has 0 aliphatic rings. The first-order valence-corrected chi connectivity index (χ1v) is 7.36. The molecule has 0 spiro atoms. The smallest absolute Gasteiger partial charge is 0.316 e. The van der Waals surface area contributed by atoms with Crippen molar-refractivity contribution in [2.24, 2.45) is 0 Å². The molecule has 0 saturated carbocycles. The number of aryl methyl sites for hydroxylation is 1. The summed E-state index contributed by atoms with van der Waals surface area (Å²) >= 11 is 2.55. The van der Waals surface area contributed by atoms with E-state index < -0.39 is 11.7 Å². The van der Waals surface area contributed by atoms with Gasteiger partial charge in [0.05, 0.1) is 5.56 Å². The minimum absolute atomic E-state index is 0.178. The van der Waals surface area contributed by atoms with E-state index in [9.17, 15) is 13.2 Å². The van der Waals surface area contributed by atoms with Gasteiger partial charge in [-0.3, -0.25) is 0 Å². The van der Waals surface area contributed by atoms with Crippen LogP contribution in [0, 0.1) is 6.92 Å². The minimum Gasteiger partial charge on any atom is -0.316 e. The third-order valence-corrected chi connectivity index (χ3v) is 4.35. The number of halogens is 3. The van der Waals surface area contributed by atoms with Gasteiger partial charge in [0.25, 0.3) is 0 Å². The molecule has 1 aromatic heterocycles. The Hall–Kier alpha value is -1.12. The summed E-state index contributed by atoms with van der Waals surface area (Å²) in [5, 5.41) is 11.3. The van der Waals surface area contributed by atoms with Crippen LogP contribution in [-0.2, 0) is 12.7 Å². The Morgan fingerprint density at radius 3 is 2.60 bits per heavy atom. The first kappa shape index (κ1) is 15.3. The fourth-order valence-electron chi connectivity index (χ4n) is 1.65. The van der Waals surface area contributed by atoms with Crippen molar-refractivity contribution in [3.05, 3.63) is 34.3 Å². The Morgan fingerprint density at radius 1 is 1.30 bits per heavy atom. The standard InChI is InChI=1S/C12H12F3N3S2/c1-7-17-18-11(19-7)20-9-4-3-8(6-16-2)10(5-9)12(13,14)15/h3-5,16H,6H2,1-2H3. The van der Waals surface area contributed by atoms with Gasteiger partial charge in [0.1, 0.15) is 5.01 Å². The van der Waals surface area contributed by atoms with Gasteiger partial charge in [-0.1, -0.05) is 29.2 Å². The molecule has 8 heteroatoms. The van der Waals surface area contributed by atoms with Crippen LogP contribution in [-0.4, -0.2) is 17.2 Å². The van der Waals surface area contributed by atoms with Gasteiger partial charge in [0, 0.05) is 11.4 Å². The van der Waals surface area contributed by atoms with Gasteiger partial charge in [-0.15, -0.1) is 10.2 Å². The zero-order valence-corrected chi connectivity index (χ0v) is 12.4. The lowest BCUT2D eigenvalue weighted by Gasteiger charge is -2.13. The van der Waals surface area contributed by atoms with Crippen molar-refractivity contribution in [3.63, 3.8) is 0 Å². The molecule has 0 aliphatic carbocycles.